The second-order valence-corrected chi connectivity index (χ2v) is 6.23. The lowest BCUT2D eigenvalue weighted by Gasteiger charge is -2.42. The highest BCUT2D eigenvalue weighted by molar-refractivity contribution is 9.10. The molecule has 1 aromatic carbocycles. The number of carbonyl (C=O) groups excluding carboxylic acids is 1. The predicted molar refractivity (Wildman–Crippen MR) is 76.5 cm³/mol. The molecule has 1 saturated carbocycles. The Hall–Kier alpha value is -1.55. The second kappa shape index (κ2) is 3.73. The van der Waals surface area contributed by atoms with Crippen molar-refractivity contribution in [3.63, 3.8) is 0 Å². The van der Waals surface area contributed by atoms with Crippen LogP contribution in [0.25, 0.3) is 5.69 Å². The fourth-order valence-corrected chi connectivity index (χ4v) is 3.51. The summed E-state index contributed by atoms with van der Waals surface area (Å²) in [7, 11) is 0. The lowest BCUT2D eigenvalue weighted by molar-refractivity contribution is 0.0826. The SMILES string of the molecule is O=C1NC2(CCC2)c2ccc(Br)cc2-n2cccc21. The summed E-state index contributed by atoms with van der Waals surface area (Å²) in [5.41, 5.74) is 2.88. The number of amides is 1. The number of carbonyl (C=O) groups is 1. The first-order valence-corrected chi connectivity index (χ1v) is 7.29. The van der Waals surface area contributed by atoms with Crippen LogP contribution in [0, 0.1) is 0 Å². The monoisotopic (exact) mass is 316 g/mol. The van der Waals surface area contributed by atoms with Gasteiger partial charge in [-0.05, 0) is 43.5 Å². The van der Waals surface area contributed by atoms with E-state index in [2.05, 4.69) is 39.4 Å². The molecule has 2 heterocycles. The largest absolute Gasteiger partial charge is 0.341 e. The molecule has 0 bridgehead atoms. The molecule has 3 nitrogen and oxygen atoms in total. The summed E-state index contributed by atoms with van der Waals surface area (Å²) in [4.78, 5) is 12.4. The third-order valence-corrected chi connectivity index (χ3v) is 4.77. The van der Waals surface area contributed by atoms with Crippen LogP contribution in [0.15, 0.2) is 41.0 Å². The van der Waals surface area contributed by atoms with Gasteiger partial charge in [0, 0.05) is 16.2 Å². The fraction of sp³-hybridized carbons (Fsp3) is 0.267. The fourth-order valence-electron chi connectivity index (χ4n) is 3.16. The number of nitrogens with one attached hydrogen (secondary N) is 1. The van der Waals surface area contributed by atoms with Crippen LogP contribution in [0.4, 0.5) is 0 Å². The van der Waals surface area contributed by atoms with Crippen LogP contribution in [-0.2, 0) is 5.54 Å². The van der Waals surface area contributed by atoms with Crippen LogP contribution in [0.5, 0.6) is 0 Å². The van der Waals surface area contributed by atoms with Crippen LogP contribution in [-0.4, -0.2) is 10.5 Å². The molecule has 1 fully saturated rings. The minimum atomic E-state index is -0.161. The minimum absolute atomic E-state index is 0.0250. The zero-order chi connectivity index (χ0) is 13.0. The Morgan fingerprint density at radius 3 is 2.84 bits per heavy atom. The van der Waals surface area contributed by atoms with Crippen molar-refractivity contribution in [2.75, 3.05) is 0 Å². The highest BCUT2D eigenvalue weighted by Crippen LogP contribution is 2.45. The molecular formula is C15H13BrN2O. The van der Waals surface area contributed by atoms with Crippen LogP contribution < -0.4 is 5.32 Å². The summed E-state index contributed by atoms with van der Waals surface area (Å²) in [6, 6.07) is 10.1. The van der Waals surface area contributed by atoms with Crippen LogP contribution >= 0.6 is 15.9 Å². The lowest BCUT2D eigenvalue weighted by Crippen LogP contribution is -2.50. The van der Waals surface area contributed by atoms with Crippen LogP contribution in [0.3, 0.4) is 0 Å². The standard InChI is InChI=1S/C15H13BrN2O/c16-10-4-5-11-13(9-10)18-8-1-3-12(18)14(19)17-15(11)6-2-7-15/h1,3-5,8-9H,2,6-7H2,(H,17,19). The van der Waals surface area contributed by atoms with E-state index in [1.54, 1.807) is 0 Å². The highest BCUT2D eigenvalue weighted by Gasteiger charge is 2.44. The maximum absolute atomic E-state index is 12.4. The first kappa shape index (κ1) is 11.3. The summed E-state index contributed by atoms with van der Waals surface area (Å²) in [5.74, 6) is 0.0250. The Bertz CT molecular complexity index is 685. The zero-order valence-electron chi connectivity index (χ0n) is 10.3. The molecule has 2 aromatic rings. The lowest BCUT2D eigenvalue weighted by atomic mass is 9.71. The van der Waals surface area contributed by atoms with E-state index in [4.69, 9.17) is 0 Å². The maximum Gasteiger partial charge on any atom is 0.268 e. The number of halogens is 1. The molecule has 1 aromatic heterocycles. The number of benzene rings is 1. The van der Waals surface area contributed by atoms with Gasteiger partial charge in [0.1, 0.15) is 5.69 Å². The average molecular weight is 317 g/mol. The molecule has 0 radical (unpaired) electrons. The van der Waals surface area contributed by atoms with E-state index in [-0.39, 0.29) is 11.4 Å². The second-order valence-electron chi connectivity index (χ2n) is 5.31. The van der Waals surface area contributed by atoms with Crippen molar-refractivity contribution < 1.29 is 4.79 Å². The van der Waals surface area contributed by atoms with Gasteiger partial charge in [0.15, 0.2) is 0 Å². The Kier molecular flexibility index (Phi) is 2.22. The van der Waals surface area contributed by atoms with Gasteiger partial charge in [-0.1, -0.05) is 22.0 Å². The average Bonchev–Trinajstić information content (AvgIpc) is 2.79. The van der Waals surface area contributed by atoms with E-state index in [1.165, 1.54) is 12.0 Å². The van der Waals surface area contributed by atoms with Crippen LogP contribution in [0.1, 0.15) is 35.3 Å². The van der Waals surface area contributed by atoms with Gasteiger partial charge in [-0.15, -0.1) is 0 Å². The van der Waals surface area contributed by atoms with Gasteiger partial charge in [-0.3, -0.25) is 4.79 Å². The molecule has 4 heteroatoms. The first-order chi connectivity index (χ1) is 9.20. The Morgan fingerprint density at radius 2 is 2.11 bits per heavy atom. The van der Waals surface area contributed by atoms with Gasteiger partial charge in [0.2, 0.25) is 0 Å². The molecule has 0 unspecified atom stereocenters. The molecule has 1 aliphatic carbocycles. The van der Waals surface area contributed by atoms with E-state index in [0.717, 1.165) is 23.0 Å². The summed E-state index contributed by atoms with van der Waals surface area (Å²) in [6.07, 6.45) is 5.18. The summed E-state index contributed by atoms with van der Waals surface area (Å²) < 4.78 is 3.03. The third kappa shape index (κ3) is 1.46. The molecule has 2 aliphatic rings. The van der Waals surface area contributed by atoms with Crippen molar-refractivity contribution in [3.8, 4) is 5.69 Å². The minimum Gasteiger partial charge on any atom is -0.341 e. The number of rotatable bonds is 0. The highest BCUT2D eigenvalue weighted by atomic mass is 79.9. The van der Waals surface area contributed by atoms with E-state index in [1.807, 2.05) is 22.9 Å². The molecule has 1 N–H and O–H groups in total. The van der Waals surface area contributed by atoms with Crippen molar-refractivity contribution in [3.05, 3.63) is 52.3 Å². The zero-order valence-corrected chi connectivity index (χ0v) is 11.9. The molecule has 1 aliphatic heterocycles. The van der Waals surface area contributed by atoms with E-state index in [9.17, 15) is 4.79 Å². The molecule has 1 amide bonds. The van der Waals surface area contributed by atoms with Gasteiger partial charge in [0.25, 0.3) is 5.91 Å². The van der Waals surface area contributed by atoms with Crippen molar-refractivity contribution in [1.29, 1.82) is 0 Å². The van der Waals surface area contributed by atoms with Gasteiger partial charge in [-0.25, -0.2) is 0 Å². The Morgan fingerprint density at radius 1 is 1.26 bits per heavy atom. The first-order valence-electron chi connectivity index (χ1n) is 6.50. The Labute approximate surface area is 119 Å². The molecule has 1 spiro atoms. The van der Waals surface area contributed by atoms with Crippen LogP contribution in [0.2, 0.25) is 0 Å². The molecule has 0 saturated heterocycles. The maximum atomic E-state index is 12.4. The number of fused-ring (bicyclic) bond motifs is 4. The quantitative estimate of drug-likeness (QED) is 0.794. The molecule has 19 heavy (non-hydrogen) atoms. The number of aromatic nitrogens is 1. The summed E-state index contributed by atoms with van der Waals surface area (Å²) in [5, 5.41) is 3.23. The van der Waals surface area contributed by atoms with Crippen molar-refractivity contribution in [2.45, 2.75) is 24.8 Å². The van der Waals surface area contributed by atoms with E-state index in [0.29, 0.717) is 5.69 Å². The number of nitrogens with zero attached hydrogens (tertiary/aromatic N) is 1. The summed E-state index contributed by atoms with van der Waals surface area (Å²) >= 11 is 3.53. The third-order valence-electron chi connectivity index (χ3n) is 4.28. The topological polar surface area (TPSA) is 34.0 Å². The molecule has 4 rings (SSSR count). The molecule has 0 atom stereocenters. The number of hydrogen-bond acceptors (Lipinski definition) is 1. The number of hydrogen-bond donors (Lipinski definition) is 1. The van der Waals surface area contributed by atoms with Crippen molar-refractivity contribution >= 4 is 21.8 Å². The van der Waals surface area contributed by atoms with Gasteiger partial charge >= 0.3 is 0 Å². The molecular weight excluding hydrogens is 304 g/mol. The van der Waals surface area contributed by atoms with Gasteiger partial charge in [0.05, 0.1) is 11.2 Å². The molecule has 96 valence electrons. The predicted octanol–water partition coefficient (Wildman–Crippen LogP) is 3.36. The van der Waals surface area contributed by atoms with Crippen molar-refractivity contribution in [2.24, 2.45) is 0 Å². The van der Waals surface area contributed by atoms with Gasteiger partial charge in [-0.2, -0.15) is 0 Å². The Balaban J connectivity index is 2.04. The van der Waals surface area contributed by atoms with E-state index < -0.39 is 0 Å². The normalized spacial score (nSPS) is 19.1. The van der Waals surface area contributed by atoms with Gasteiger partial charge < -0.3 is 9.88 Å². The van der Waals surface area contributed by atoms with E-state index >= 15 is 0 Å². The van der Waals surface area contributed by atoms with Crippen molar-refractivity contribution in [1.82, 2.24) is 9.88 Å². The summed E-state index contributed by atoms with van der Waals surface area (Å²) in [6.45, 7) is 0. The smallest absolute Gasteiger partial charge is 0.268 e.